The average Bonchev–Trinajstić information content (AvgIpc) is 3.30. The fraction of sp³-hybridized carbons (Fsp3) is 0.562. The van der Waals surface area contributed by atoms with Crippen LogP contribution < -0.4 is 4.74 Å². The van der Waals surface area contributed by atoms with Crippen molar-refractivity contribution >= 4 is 17.4 Å². The quantitative estimate of drug-likeness (QED) is 0.722. The van der Waals surface area contributed by atoms with Gasteiger partial charge in [0.15, 0.2) is 5.78 Å². The molecule has 0 amide bonds. The monoisotopic (exact) mass is 293 g/mol. The van der Waals surface area contributed by atoms with Gasteiger partial charge in [-0.05, 0) is 49.8 Å². The fourth-order valence-corrected chi connectivity index (χ4v) is 2.79. The van der Waals surface area contributed by atoms with Gasteiger partial charge >= 0.3 is 0 Å². The molecule has 0 aromatic heterocycles. The molecule has 0 aliphatic heterocycles. The highest BCUT2D eigenvalue weighted by Gasteiger charge is 2.34. The summed E-state index contributed by atoms with van der Waals surface area (Å²) in [6.45, 7) is 1.60. The molecule has 0 N–H and O–H groups in total. The first-order valence-corrected chi connectivity index (χ1v) is 7.66. The third kappa shape index (κ3) is 3.33. The SMILES string of the molecule is COc1ccc(C(=O)CN(CC2CC2)C2CC2)cc1Cl. The highest BCUT2D eigenvalue weighted by molar-refractivity contribution is 6.32. The number of carbonyl (C=O) groups excluding carboxylic acids is 1. The molecule has 1 aromatic carbocycles. The Labute approximate surface area is 124 Å². The smallest absolute Gasteiger partial charge is 0.176 e. The zero-order chi connectivity index (χ0) is 14.1. The number of ether oxygens (including phenoxy) is 1. The van der Waals surface area contributed by atoms with Crippen LogP contribution in [0.3, 0.4) is 0 Å². The van der Waals surface area contributed by atoms with Crippen LogP contribution in [0.5, 0.6) is 5.75 Å². The molecule has 2 aliphatic carbocycles. The van der Waals surface area contributed by atoms with Gasteiger partial charge in [-0.3, -0.25) is 9.69 Å². The summed E-state index contributed by atoms with van der Waals surface area (Å²) in [4.78, 5) is 14.8. The van der Waals surface area contributed by atoms with Crippen LogP contribution in [0, 0.1) is 5.92 Å². The molecule has 20 heavy (non-hydrogen) atoms. The third-order valence-corrected chi connectivity index (χ3v) is 4.37. The van der Waals surface area contributed by atoms with Gasteiger partial charge in [0, 0.05) is 18.2 Å². The number of rotatable bonds is 7. The van der Waals surface area contributed by atoms with E-state index in [2.05, 4.69) is 4.90 Å². The van der Waals surface area contributed by atoms with Crippen molar-refractivity contribution < 1.29 is 9.53 Å². The van der Waals surface area contributed by atoms with E-state index in [1.165, 1.54) is 25.7 Å². The molecule has 0 heterocycles. The molecular formula is C16H20ClNO2. The molecule has 0 bridgehead atoms. The standard InChI is InChI=1S/C16H20ClNO2/c1-20-16-7-4-12(8-14(16)17)15(19)10-18(13-5-6-13)9-11-2-3-11/h4,7-8,11,13H,2-3,5-6,9-10H2,1H3. The lowest BCUT2D eigenvalue weighted by molar-refractivity contribution is 0.0921. The lowest BCUT2D eigenvalue weighted by Crippen LogP contribution is -2.33. The van der Waals surface area contributed by atoms with Crippen molar-refractivity contribution in [2.75, 3.05) is 20.2 Å². The Kier molecular flexibility index (Phi) is 3.99. The molecular weight excluding hydrogens is 274 g/mol. The number of methoxy groups -OCH3 is 1. The van der Waals surface area contributed by atoms with E-state index in [4.69, 9.17) is 16.3 Å². The average molecular weight is 294 g/mol. The molecule has 3 nitrogen and oxygen atoms in total. The van der Waals surface area contributed by atoms with Gasteiger partial charge < -0.3 is 4.74 Å². The molecule has 0 saturated heterocycles. The van der Waals surface area contributed by atoms with E-state index in [-0.39, 0.29) is 5.78 Å². The summed E-state index contributed by atoms with van der Waals surface area (Å²) in [5.74, 6) is 1.59. The highest BCUT2D eigenvalue weighted by Crippen LogP contribution is 2.35. The Balaban J connectivity index is 1.66. The maximum Gasteiger partial charge on any atom is 0.176 e. The van der Waals surface area contributed by atoms with Crippen LogP contribution in [0.2, 0.25) is 5.02 Å². The molecule has 2 saturated carbocycles. The molecule has 2 fully saturated rings. The minimum atomic E-state index is 0.155. The van der Waals surface area contributed by atoms with E-state index in [9.17, 15) is 4.79 Å². The topological polar surface area (TPSA) is 29.5 Å². The van der Waals surface area contributed by atoms with E-state index >= 15 is 0 Å². The summed E-state index contributed by atoms with van der Waals surface area (Å²) in [5.41, 5.74) is 0.678. The summed E-state index contributed by atoms with van der Waals surface area (Å²) < 4.78 is 5.12. The van der Waals surface area contributed by atoms with Gasteiger partial charge in [0.25, 0.3) is 0 Å². The van der Waals surface area contributed by atoms with Gasteiger partial charge in [-0.1, -0.05) is 11.6 Å². The largest absolute Gasteiger partial charge is 0.495 e. The zero-order valence-electron chi connectivity index (χ0n) is 11.8. The molecule has 2 aliphatic rings. The van der Waals surface area contributed by atoms with E-state index < -0.39 is 0 Å². The Morgan fingerprint density at radius 3 is 2.65 bits per heavy atom. The van der Waals surface area contributed by atoms with Crippen LogP contribution in [0.15, 0.2) is 18.2 Å². The molecule has 4 heteroatoms. The van der Waals surface area contributed by atoms with Crippen molar-refractivity contribution in [3.63, 3.8) is 0 Å². The Hall–Kier alpha value is -1.06. The molecule has 1 aromatic rings. The normalized spacial score (nSPS) is 18.4. The molecule has 0 spiro atoms. The maximum atomic E-state index is 12.4. The van der Waals surface area contributed by atoms with E-state index in [1.54, 1.807) is 25.3 Å². The van der Waals surface area contributed by atoms with Crippen LogP contribution in [0.25, 0.3) is 0 Å². The van der Waals surface area contributed by atoms with Gasteiger partial charge in [0.2, 0.25) is 0 Å². The second-order valence-corrected chi connectivity index (χ2v) is 6.28. The van der Waals surface area contributed by atoms with Gasteiger partial charge in [0.1, 0.15) is 5.75 Å². The van der Waals surface area contributed by atoms with Gasteiger partial charge in [-0.2, -0.15) is 0 Å². The van der Waals surface area contributed by atoms with Crippen LogP contribution >= 0.6 is 11.6 Å². The fourth-order valence-electron chi connectivity index (χ4n) is 2.53. The number of benzene rings is 1. The lowest BCUT2D eigenvalue weighted by Gasteiger charge is -2.21. The van der Waals surface area contributed by atoms with Crippen LogP contribution in [-0.2, 0) is 0 Å². The van der Waals surface area contributed by atoms with Crippen LogP contribution in [0.4, 0.5) is 0 Å². The van der Waals surface area contributed by atoms with E-state index in [0.717, 1.165) is 12.5 Å². The van der Waals surface area contributed by atoms with Crippen molar-refractivity contribution in [1.29, 1.82) is 0 Å². The summed E-state index contributed by atoms with van der Waals surface area (Å²) >= 11 is 6.09. The Morgan fingerprint density at radius 2 is 2.10 bits per heavy atom. The molecule has 0 unspecified atom stereocenters. The van der Waals surface area contributed by atoms with Crippen LogP contribution in [-0.4, -0.2) is 36.9 Å². The van der Waals surface area contributed by atoms with Gasteiger partial charge in [-0.25, -0.2) is 0 Å². The van der Waals surface area contributed by atoms with Crippen molar-refractivity contribution in [3.8, 4) is 5.75 Å². The van der Waals surface area contributed by atoms with Crippen molar-refractivity contribution in [2.45, 2.75) is 31.7 Å². The van der Waals surface area contributed by atoms with Crippen molar-refractivity contribution in [2.24, 2.45) is 5.92 Å². The first-order valence-electron chi connectivity index (χ1n) is 7.28. The molecule has 3 rings (SSSR count). The Bertz CT molecular complexity index is 509. The van der Waals surface area contributed by atoms with E-state index in [1.807, 2.05) is 0 Å². The molecule has 108 valence electrons. The zero-order valence-corrected chi connectivity index (χ0v) is 12.5. The number of carbonyl (C=O) groups is 1. The minimum Gasteiger partial charge on any atom is -0.495 e. The van der Waals surface area contributed by atoms with Crippen LogP contribution in [0.1, 0.15) is 36.0 Å². The van der Waals surface area contributed by atoms with Gasteiger partial charge in [-0.15, -0.1) is 0 Å². The number of ketones is 1. The Morgan fingerprint density at radius 1 is 1.35 bits per heavy atom. The number of halogens is 1. The summed E-state index contributed by atoms with van der Waals surface area (Å²) in [7, 11) is 1.58. The number of hydrogen-bond acceptors (Lipinski definition) is 3. The second-order valence-electron chi connectivity index (χ2n) is 5.88. The first-order chi connectivity index (χ1) is 9.67. The predicted octanol–water partition coefficient (Wildman–Crippen LogP) is 3.41. The maximum absolute atomic E-state index is 12.4. The van der Waals surface area contributed by atoms with Crippen molar-refractivity contribution in [3.05, 3.63) is 28.8 Å². The van der Waals surface area contributed by atoms with Crippen molar-refractivity contribution in [1.82, 2.24) is 4.90 Å². The third-order valence-electron chi connectivity index (χ3n) is 4.07. The summed E-state index contributed by atoms with van der Waals surface area (Å²) in [6.07, 6.45) is 5.13. The summed E-state index contributed by atoms with van der Waals surface area (Å²) in [6, 6.07) is 5.91. The summed E-state index contributed by atoms with van der Waals surface area (Å²) in [5, 5.41) is 0.499. The highest BCUT2D eigenvalue weighted by atomic mass is 35.5. The number of hydrogen-bond donors (Lipinski definition) is 0. The number of nitrogens with zero attached hydrogens (tertiary/aromatic N) is 1. The van der Waals surface area contributed by atoms with Gasteiger partial charge in [0.05, 0.1) is 18.7 Å². The first kappa shape index (κ1) is 13.9. The second kappa shape index (κ2) is 5.74. The molecule has 0 atom stereocenters. The minimum absolute atomic E-state index is 0.155. The number of Topliss-reactive ketones (excluding diaryl/α,β-unsaturated/α-hetero) is 1. The molecule has 0 radical (unpaired) electrons. The lowest BCUT2D eigenvalue weighted by atomic mass is 10.1. The van der Waals surface area contributed by atoms with E-state index in [0.29, 0.717) is 28.9 Å². The predicted molar refractivity (Wildman–Crippen MR) is 79.7 cm³/mol.